The summed E-state index contributed by atoms with van der Waals surface area (Å²) in [6.07, 6.45) is 3.62. The Kier molecular flexibility index (Phi) is 3.31. The molecule has 0 radical (unpaired) electrons. The van der Waals surface area contributed by atoms with Gasteiger partial charge in [-0.1, -0.05) is 18.2 Å². The molecule has 1 amide bonds. The first-order valence-electron chi connectivity index (χ1n) is 7.56. The van der Waals surface area contributed by atoms with Crippen LogP contribution in [-0.2, 0) is 0 Å². The van der Waals surface area contributed by atoms with E-state index in [1.54, 1.807) is 12.3 Å². The Balaban J connectivity index is 1.78. The highest BCUT2D eigenvalue weighted by atomic mass is 16.1. The van der Waals surface area contributed by atoms with Gasteiger partial charge in [0.2, 0.25) is 0 Å². The molecule has 0 unspecified atom stereocenters. The molecule has 0 saturated carbocycles. The van der Waals surface area contributed by atoms with Crippen LogP contribution in [0.15, 0.2) is 48.7 Å². The highest BCUT2D eigenvalue weighted by Crippen LogP contribution is 2.31. The molecule has 0 spiro atoms. The number of hydrazine groups is 1. The number of carbonyl (C=O) groups excluding carboxylic acids is 1. The van der Waals surface area contributed by atoms with Crippen LogP contribution < -0.4 is 21.9 Å². The van der Waals surface area contributed by atoms with E-state index in [1.807, 2.05) is 36.4 Å². The lowest BCUT2D eigenvalue weighted by Crippen LogP contribution is -2.22. The molecule has 0 fully saturated rings. The molecule has 1 aliphatic heterocycles. The number of rotatable bonds is 3. The summed E-state index contributed by atoms with van der Waals surface area (Å²) in [6.45, 7) is 0.428. The van der Waals surface area contributed by atoms with E-state index < -0.39 is 0 Å². The van der Waals surface area contributed by atoms with Crippen molar-refractivity contribution < 1.29 is 4.79 Å². The number of pyridine rings is 1. The van der Waals surface area contributed by atoms with Crippen LogP contribution in [0, 0.1) is 0 Å². The standard InChI is InChI=1S/C17H16N6O/c18-11-5-3-4-10-14-12(22-23-13-6-1-2-8-19-13)7-9-20-17(24)16(14)21-15(10)11/h1-8,21-22H,9,18H2,(H,19,23)(H,20,24). The molecule has 2 aromatic heterocycles. The summed E-state index contributed by atoms with van der Waals surface area (Å²) in [5, 5.41) is 3.73. The van der Waals surface area contributed by atoms with E-state index in [9.17, 15) is 4.79 Å². The Labute approximate surface area is 137 Å². The number of carbonyl (C=O) groups is 1. The Bertz CT molecular complexity index is 944. The maximum Gasteiger partial charge on any atom is 0.268 e. The first kappa shape index (κ1) is 14.1. The number of nitrogen functional groups attached to an aromatic ring is 1. The summed E-state index contributed by atoms with van der Waals surface area (Å²) in [6, 6.07) is 11.2. The van der Waals surface area contributed by atoms with Gasteiger partial charge in [-0.25, -0.2) is 4.98 Å². The van der Waals surface area contributed by atoms with Crippen LogP contribution >= 0.6 is 0 Å². The second-order valence-electron chi connectivity index (χ2n) is 5.44. The van der Waals surface area contributed by atoms with Crippen molar-refractivity contribution in [2.24, 2.45) is 0 Å². The number of anilines is 2. The zero-order valence-electron chi connectivity index (χ0n) is 12.8. The van der Waals surface area contributed by atoms with Gasteiger partial charge < -0.3 is 16.0 Å². The number of hydrogen-bond acceptors (Lipinski definition) is 5. The average molecular weight is 320 g/mol. The quantitative estimate of drug-likeness (QED) is 0.374. The van der Waals surface area contributed by atoms with E-state index in [-0.39, 0.29) is 5.91 Å². The SMILES string of the molecule is Nc1cccc2c3c([nH]c12)C(=O)NCC=C3NNc1ccccn1. The number of amides is 1. The normalized spacial score (nSPS) is 13.7. The number of benzene rings is 1. The third-order valence-corrected chi connectivity index (χ3v) is 3.92. The van der Waals surface area contributed by atoms with Crippen LogP contribution in [0.1, 0.15) is 16.1 Å². The molecule has 0 aliphatic carbocycles. The second kappa shape index (κ2) is 5.62. The van der Waals surface area contributed by atoms with E-state index in [1.165, 1.54) is 0 Å². The number of nitrogens with zero attached hydrogens (tertiary/aromatic N) is 1. The van der Waals surface area contributed by atoms with Crippen molar-refractivity contribution in [2.75, 3.05) is 17.7 Å². The predicted octanol–water partition coefficient (Wildman–Crippen LogP) is 1.85. The first-order chi connectivity index (χ1) is 11.7. The number of aromatic amines is 1. The van der Waals surface area contributed by atoms with Gasteiger partial charge in [0.05, 0.1) is 16.9 Å². The maximum atomic E-state index is 12.3. The van der Waals surface area contributed by atoms with Gasteiger partial charge in [-0.3, -0.25) is 15.6 Å². The maximum absolute atomic E-state index is 12.3. The van der Waals surface area contributed by atoms with Crippen molar-refractivity contribution >= 4 is 34.0 Å². The lowest BCUT2D eigenvalue weighted by Gasteiger charge is -2.12. The molecular weight excluding hydrogens is 304 g/mol. The largest absolute Gasteiger partial charge is 0.397 e. The topological polar surface area (TPSA) is 108 Å². The van der Waals surface area contributed by atoms with Crippen LogP contribution in [-0.4, -0.2) is 22.4 Å². The Morgan fingerprint density at radius 1 is 1.12 bits per heavy atom. The van der Waals surface area contributed by atoms with Gasteiger partial charge in [-0.15, -0.1) is 0 Å². The summed E-state index contributed by atoms with van der Waals surface area (Å²) < 4.78 is 0. The smallest absolute Gasteiger partial charge is 0.268 e. The molecule has 120 valence electrons. The predicted molar refractivity (Wildman–Crippen MR) is 94.0 cm³/mol. The minimum Gasteiger partial charge on any atom is -0.397 e. The van der Waals surface area contributed by atoms with Crippen LogP contribution in [0.3, 0.4) is 0 Å². The van der Waals surface area contributed by atoms with Crippen molar-refractivity contribution in [3.8, 4) is 0 Å². The molecule has 7 nitrogen and oxygen atoms in total. The minimum absolute atomic E-state index is 0.161. The summed E-state index contributed by atoms with van der Waals surface area (Å²) >= 11 is 0. The summed E-state index contributed by atoms with van der Waals surface area (Å²) in [5.74, 6) is 0.523. The molecule has 6 N–H and O–H groups in total. The van der Waals surface area contributed by atoms with Crippen molar-refractivity contribution in [3.05, 3.63) is 59.9 Å². The van der Waals surface area contributed by atoms with Crippen molar-refractivity contribution in [2.45, 2.75) is 0 Å². The monoisotopic (exact) mass is 320 g/mol. The van der Waals surface area contributed by atoms with Gasteiger partial charge >= 0.3 is 0 Å². The number of para-hydroxylation sites is 1. The van der Waals surface area contributed by atoms with Crippen LogP contribution in [0.2, 0.25) is 0 Å². The molecule has 3 aromatic rings. The van der Waals surface area contributed by atoms with E-state index in [0.29, 0.717) is 23.7 Å². The average Bonchev–Trinajstić information content (AvgIpc) is 2.92. The van der Waals surface area contributed by atoms with Gasteiger partial charge in [0.15, 0.2) is 0 Å². The van der Waals surface area contributed by atoms with Crippen molar-refractivity contribution in [3.63, 3.8) is 0 Å². The fourth-order valence-corrected chi connectivity index (χ4v) is 2.81. The third-order valence-electron chi connectivity index (χ3n) is 3.92. The Morgan fingerprint density at radius 2 is 2.04 bits per heavy atom. The van der Waals surface area contributed by atoms with Gasteiger partial charge in [0, 0.05) is 23.7 Å². The first-order valence-corrected chi connectivity index (χ1v) is 7.56. The van der Waals surface area contributed by atoms with Gasteiger partial charge in [0.1, 0.15) is 11.5 Å². The van der Waals surface area contributed by atoms with E-state index in [4.69, 9.17) is 5.73 Å². The number of aromatic nitrogens is 2. The van der Waals surface area contributed by atoms with Crippen molar-refractivity contribution in [1.82, 2.24) is 20.7 Å². The summed E-state index contributed by atoms with van der Waals surface area (Å²) in [5.41, 5.74) is 15.7. The Hall–Kier alpha value is -3.48. The number of nitrogens with two attached hydrogens (primary N) is 1. The number of hydrogen-bond donors (Lipinski definition) is 5. The van der Waals surface area contributed by atoms with Gasteiger partial charge in [-0.2, -0.15) is 0 Å². The van der Waals surface area contributed by atoms with E-state index in [2.05, 4.69) is 26.1 Å². The van der Waals surface area contributed by atoms with Gasteiger partial charge in [-0.05, 0) is 24.3 Å². The van der Waals surface area contributed by atoms with Crippen LogP contribution in [0.5, 0.6) is 0 Å². The van der Waals surface area contributed by atoms with Crippen LogP contribution in [0.25, 0.3) is 16.6 Å². The summed E-state index contributed by atoms with van der Waals surface area (Å²) in [7, 11) is 0. The molecule has 3 heterocycles. The zero-order valence-corrected chi connectivity index (χ0v) is 12.8. The molecular formula is C17H16N6O. The van der Waals surface area contributed by atoms with E-state index >= 15 is 0 Å². The molecule has 0 bridgehead atoms. The zero-order chi connectivity index (χ0) is 16.5. The number of fused-ring (bicyclic) bond motifs is 3. The van der Waals surface area contributed by atoms with Crippen LogP contribution in [0.4, 0.5) is 11.5 Å². The molecule has 4 rings (SSSR count). The fourth-order valence-electron chi connectivity index (χ4n) is 2.81. The number of H-pyrrole nitrogens is 1. The molecule has 1 aliphatic rings. The highest BCUT2D eigenvalue weighted by molar-refractivity contribution is 6.09. The second-order valence-corrected chi connectivity index (χ2v) is 5.44. The third kappa shape index (κ3) is 2.32. The minimum atomic E-state index is -0.161. The molecule has 24 heavy (non-hydrogen) atoms. The molecule has 0 atom stereocenters. The highest BCUT2D eigenvalue weighted by Gasteiger charge is 2.23. The lowest BCUT2D eigenvalue weighted by molar-refractivity contribution is 0.0954. The lowest BCUT2D eigenvalue weighted by atomic mass is 10.1. The Morgan fingerprint density at radius 3 is 2.88 bits per heavy atom. The molecule has 7 heteroatoms. The molecule has 1 aromatic carbocycles. The van der Waals surface area contributed by atoms with Crippen molar-refractivity contribution in [1.29, 1.82) is 0 Å². The molecule has 0 saturated heterocycles. The fraction of sp³-hybridized carbons (Fsp3) is 0.0588. The van der Waals surface area contributed by atoms with Gasteiger partial charge in [0.25, 0.3) is 5.91 Å². The number of nitrogens with one attached hydrogen (secondary N) is 4. The summed E-state index contributed by atoms with van der Waals surface area (Å²) in [4.78, 5) is 19.7. The van der Waals surface area contributed by atoms with E-state index in [0.717, 1.165) is 22.2 Å².